The third-order valence-electron chi connectivity index (χ3n) is 7.40. The Morgan fingerprint density at radius 2 is 1.93 bits per heavy atom. The van der Waals surface area contributed by atoms with E-state index >= 15 is 0 Å². The van der Waals surface area contributed by atoms with E-state index in [1.165, 1.54) is 11.3 Å². The summed E-state index contributed by atoms with van der Waals surface area (Å²) in [5.41, 5.74) is 1.53. The van der Waals surface area contributed by atoms with Crippen molar-refractivity contribution in [2.75, 3.05) is 37.0 Å². The van der Waals surface area contributed by atoms with Crippen LogP contribution in [-0.4, -0.2) is 75.0 Å². The van der Waals surface area contributed by atoms with Crippen LogP contribution in [0.2, 0.25) is 0 Å². The zero-order valence-electron chi connectivity index (χ0n) is 23.3. The number of ether oxygens (including phenoxy) is 2. The molecule has 1 N–H and O–H groups in total. The number of nitrogens with one attached hydrogen (secondary N) is 1. The van der Waals surface area contributed by atoms with Gasteiger partial charge in [0.05, 0.1) is 18.3 Å². The number of carbonyl (C=O) groups is 2. The summed E-state index contributed by atoms with van der Waals surface area (Å²) in [4.78, 5) is 40.1. The lowest BCUT2D eigenvalue weighted by atomic mass is 9.93. The highest BCUT2D eigenvalue weighted by Gasteiger charge is 2.41. The van der Waals surface area contributed by atoms with Crippen LogP contribution >= 0.6 is 11.3 Å². The van der Waals surface area contributed by atoms with Crippen LogP contribution in [0.25, 0.3) is 21.3 Å². The Labute approximate surface area is 236 Å². The van der Waals surface area contributed by atoms with Gasteiger partial charge in [0, 0.05) is 50.4 Å². The van der Waals surface area contributed by atoms with Crippen LogP contribution in [0.4, 0.5) is 16.3 Å². The predicted molar refractivity (Wildman–Crippen MR) is 154 cm³/mol. The monoisotopic (exact) mass is 563 g/mol. The molecule has 0 aliphatic carbocycles. The summed E-state index contributed by atoms with van der Waals surface area (Å²) in [6, 6.07) is 7.87. The number of rotatable bonds is 4. The smallest absolute Gasteiger partial charge is 0.410 e. The Morgan fingerprint density at radius 1 is 1.10 bits per heavy atom. The molecule has 2 atom stereocenters. The molecule has 0 radical (unpaired) electrons. The lowest BCUT2D eigenvalue weighted by molar-refractivity contribution is 0.0162. The number of anilines is 2. The molecule has 2 unspecified atom stereocenters. The highest BCUT2D eigenvalue weighted by molar-refractivity contribution is 7.20. The summed E-state index contributed by atoms with van der Waals surface area (Å²) in [6.45, 7) is 7.90. The van der Waals surface area contributed by atoms with Crippen molar-refractivity contribution < 1.29 is 19.1 Å². The second kappa shape index (κ2) is 9.92. The standard InChI is InChI=1S/C28H33N7O4S/c1-28(2,3)39-27(37)34-10-9-21-16(15-34)8-11-35(21)23-7-6-18-25(31-23)40-26(30-18)24(36)29-20-12-17-14-33(4)32-19(17)13-22(20)38-5/h6-7,12-14,16,21H,8-11,15H2,1-5H3,(H,29,36). The number of amides is 2. The van der Waals surface area contributed by atoms with Crippen LogP contribution in [0.3, 0.4) is 0 Å². The first-order valence-corrected chi connectivity index (χ1v) is 14.2. The molecule has 210 valence electrons. The predicted octanol–water partition coefficient (Wildman–Crippen LogP) is 4.67. The molecule has 4 aromatic rings. The number of likely N-dealkylation sites (tertiary alicyclic amines) is 1. The summed E-state index contributed by atoms with van der Waals surface area (Å²) in [5.74, 6) is 1.46. The Bertz CT molecular complexity index is 1610. The van der Waals surface area contributed by atoms with Crippen LogP contribution < -0.4 is 15.0 Å². The molecule has 12 heteroatoms. The van der Waals surface area contributed by atoms with E-state index < -0.39 is 5.60 Å². The number of fused-ring (bicyclic) bond motifs is 3. The van der Waals surface area contributed by atoms with Crippen LogP contribution in [0.15, 0.2) is 30.5 Å². The van der Waals surface area contributed by atoms with E-state index in [9.17, 15) is 9.59 Å². The van der Waals surface area contributed by atoms with Crippen molar-refractivity contribution in [3.05, 3.63) is 35.5 Å². The minimum Gasteiger partial charge on any atom is -0.494 e. The van der Waals surface area contributed by atoms with Gasteiger partial charge in [0.1, 0.15) is 27.5 Å². The minimum absolute atomic E-state index is 0.239. The topological polar surface area (TPSA) is 115 Å². The van der Waals surface area contributed by atoms with E-state index in [0.29, 0.717) is 51.8 Å². The molecule has 2 aliphatic rings. The lowest BCUT2D eigenvalue weighted by Gasteiger charge is -2.38. The fourth-order valence-corrected chi connectivity index (χ4v) is 6.47. The van der Waals surface area contributed by atoms with Gasteiger partial charge < -0.3 is 24.6 Å². The van der Waals surface area contributed by atoms with Gasteiger partial charge in [0.2, 0.25) is 0 Å². The first-order chi connectivity index (χ1) is 19.1. The molecule has 2 amide bonds. The van der Waals surface area contributed by atoms with Gasteiger partial charge in [-0.15, -0.1) is 0 Å². The van der Waals surface area contributed by atoms with Crippen molar-refractivity contribution in [2.45, 2.75) is 45.3 Å². The zero-order chi connectivity index (χ0) is 28.2. The number of hydrogen-bond acceptors (Lipinski definition) is 9. The normalized spacial score (nSPS) is 19.2. The molecular formula is C28H33N7O4S. The average Bonchev–Trinajstić information content (AvgIpc) is 3.61. The Kier molecular flexibility index (Phi) is 6.52. The van der Waals surface area contributed by atoms with E-state index in [4.69, 9.17) is 14.5 Å². The van der Waals surface area contributed by atoms with E-state index in [1.807, 2.05) is 57.1 Å². The average molecular weight is 564 g/mol. The summed E-state index contributed by atoms with van der Waals surface area (Å²) in [6.07, 6.45) is 3.50. The quantitative estimate of drug-likeness (QED) is 0.381. The van der Waals surface area contributed by atoms with Crippen molar-refractivity contribution >= 4 is 56.1 Å². The highest BCUT2D eigenvalue weighted by Crippen LogP contribution is 2.36. The number of thiazole rings is 1. The Balaban J connectivity index is 1.17. The van der Waals surface area contributed by atoms with Crippen molar-refractivity contribution in [2.24, 2.45) is 13.0 Å². The van der Waals surface area contributed by atoms with E-state index in [2.05, 4.69) is 20.3 Å². The summed E-state index contributed by atoms with van der Waals surface area (Å²) >= 11 is 1.27. The van der Waals surface area contributed by atoms with Gasteiger partial charge in [0.15, 0.2) is 5.01 Å². The second-order valence-corrected chi connectivity index (χ2v) is 12.4. The molecule has 2 fully saturated rings. The van der Waals surface area contributed by atoms with Gasteiger partial charge >= 0.3 is 6.09 Å². The van der Waals surface area contributed by atoms with Crippen LogP contribution in [0.1, 0.15) is 43.4 Å². The molecule has 0 bridgehead atoms. The maximum Gasteiger partial charge on any atom is 0.410 e. The maximum absolute atomic E-state index is 13.2. The molecule has 0 spiro atoms. The first-order valence-electron chi connectivity index (χ1n) is 13.4. The number of aryl methyl sites for hydroxylation is 1. The molecule has 1 aromatic carbocycles. The fourth-order valence-electron chi connectivity index (χ4n) is 5.64. The van der Waals surface area contributed by atoms with Gasteiger partial charge in [-0.25, -0.2) is 14.8 Å². The maximum atomic E-state index is 13.2. The number of benzene rings is 1. The number of piperidine rings is 1. The number of aromatic nitrogens is 4. The van der Waals surface area contributed by atoms with E-state index in [-0.39, 0.29) is 12.0 Å². The summed E-state index contributed by atoms with van der Waals surface area (Å²) in [7, 11) is 3.41. The van der Waals surface area contributed by atoms with Gasteiger partial charge in [-0.1, -0.05) is 11.3 Å². The number of nitrogens with zero attached hydrogens (tertiary/aromatic N) is 6. The van der Waals surface area contributed by atoms with Gasteiger partial charge in [-0.3, -0.25) is 9.48 Å². The molecular weight excluding hydrogens is 530 g/mol. The SMILES string of the molecule is COc1cc2nn(C)cc2cc1NC(=O)c1nc2ccc(N3CCC4CN(C(=O)OC(C)(C)C)CCC43)nc2s1. The van der Waals surface area contributed by atoms with Crippen molar-refractivity contribution in [3.8, 4) is 5.75 Å². The molecule has 11 nitrogen and oxygen atoms in total. The van der Waals surface area contributed by atoms with Gasteiger partial charge in [-0.2, -0.15) is 5.10 Å². The van der Waals surface area contributed by atoms with Gasteiger partial charge in [0.25, 0.3) is 5.91 Å². The van der Waals surface area contributed by atoms with Crippen molar-refractivity contribution in [3.63, 3.8) is 0 Å². The van der Waals surface area contributed by atoms with Gasteiger partial charge in [-0.05, 0) is 57.7 Å². The second-order valence-electron chi connectivity index (χ2n) is 11.4. The Morgan fingerprint density at radius 3 is 2.70 bits per heavy atom. The molecule has 2 aliphatic heterocycles. The molecule has 5 heterocycles. The fraction of sp³-hybridized carbons (Fsp3) is 0.464. The molecule has 3 aromatic heterocycles. The summed E-state index contributed by atoms with van der Waals surface area (Å²) < 4.78 is 12.8. The third-order valence-corrected chi connectivity index (χ3v) is 8.37. The number of hydrogen-bond donors (Lipinski definition) is 1. The van der Waals surface area contributed by atoms with Crippen molar-refractivity contribution in [1.29, 1.82) is 0 Å². The molecule has 6 rings (SSSR count). The highest BCUT2D eigenvalue weighted by atomic mass is 32.1. The number of carbonyl (C=O) groups excluding carboxylic acids is 2. The lowest BCUT2D eigenvalue weighted by Crippen LogP contribution is -2.49. The third kappa shape index (κ3) is 5.03. The van der Waals surface area contributed by atoms with Crippen LogP contribution in [0.5, 0.6) is 5.75 Å². The number of pyridine rings is 1. The van der Waals surface area contributed by atoms with Crippen molar-refractivity contribution in [1.82, 2.24) is 24.6 Å². The minimum atomic E-state index is -0.501. The zero-order valence-corrected chi connectivity index (χ0v) is 24.1. The van der Waals surface area contributed by atoms with Crippen LogP contribution in [-0.2, 0) is 11.8 Å². The van der Waals surface area contributed by atoms with E-state index in [1.54, 1.807) is 17.9 Å². The largest absolute Gasteiger partial charge is 0.494 e. The summed E-state index contributed by atoms with van der Waals surface area (Å²) in [5, 5.41) is 8.57. The van der Waals surface area contributed by atoms with Crippen LogP contribution in [0, 0.1) is 5.92 Å². The molecule has 0 saturated carbocycles. The molecule has 2 saturated heterocycles. The first kappa shape index (κ1) is 26.3. The molecule has 40 heavy (non-hydrogen) atoms. The number of methoxy groups -OCH3 is 1. The van der Waals surface area contributed by atoms with E-state index in [0.717, 1.165) is 36.1 Å². The Hall–Kier alpha value is -3.93.